The number of hydrogen-bond donors (Lipinski definition) is 1. The van der Waals surface area contributed by atoms with Gasteiger partial charge in [0, 0.05) is 26.8 Å². The Labute approximate surface area is 282 Å². The van der Waals surface area contributed by atoms with Crippen molar-refractivity contribution < 1.29 is 24.1 Å². The van der Waals surface area contributed by atoms with E-state index in [0.29, 0.717) is 29.6 Å². The Morgan fingerprint density at radius 1 is 0.851 bits per heavy atom. The number of unbranched alkanes of at least 4 members (excludes halogenated alkanes) is 3. The Kier molecular flexibility index (Phi) is 10.2. The van der Waals surface area contributed by atoms with Crippen LogP contribution in [-0.4, -0.2) is 30.9 Å². The number of nitrogens with zero attached hydrogens (tertiary/aromatic N) is 2. The van der Waals surface area contributed by atoms with Gasteiger partial charge in [0.25, 0.3) is 5.70 Å². The summed E-state index contributed by atoms with van der Waals surface area (Å²) < 4.78 is 17.8. The van der Waals surface area contributed by atoms with Gasteiger partial charge in [-0.2, -0.15) is 0 Å². The molecule has 9 heteroatoms. The first-order valence-electron chi connectivity index (χ1n) is 15.6. The highest BCUT2D eigenvalue weighted by atomic mass is 32.1. The number of carboxylic acid groups (broad SMARTS) is 1. The lowest BCUT2D eigenvalue weighted by molar-refractivity contribution is -0.132. The van der Waals surface area contributed by atoms with Gasteiger partial charge in [-0.1, -0.05) is 56.5 Å². The van der Waals surface area contributed by atoms with Gasteiger partial charge in [-0.05, 0) is 78.7 Å². The summed E-state index contributed by atoms with van der Waals surface area (Å²) in [6.45, 7) is 11.0. The summed E-state index contributed by atoms with van der Waals surface area (Å²) in [5.74, 6) is 0.693. The maximum Gasteiger partial charge on any atom is 0.333 e. The molecule has 0 saturated carbocycles. The Morgan fingerprint density at radius 3 is 2.19 bits per heavy atom. The molecular weight excluding hydrogens is 629 g/mol. The molecule has 7 nitrogen and oxygen atoms in total. The first kappa shape index (κ1) is 31.9. The van der Waals surface area contributed by atoms with E-state index in [9.17, 15) is 9.90 Å². The van der Waals surface area contributed by atoms with E-state index in [4.69, 9.17) is 20.8 Å². The van der Waals surface area contributed by atoms with Crippen LogP contribution in [-0.2, 0) is 4.79 Å². The van der Waals surface area contributed by atoms with Gasteiger partial charge in [-0.3, -0.25) is 4.79 Å². The van der Waals surface area contributed by atoms with E-state index < -0.39 is 5.97 Å². The molecule has 0 bridgehead atoms. The molecule has 0 atom stereocenters. The van der Waals surface area contributed by atoms with Gasteiger partial charge < -0.3 is 24.2 Å². The zero-order valence-corrected chi connectivity index (χ0v) is 27.6. The number of aliphatic carboxylic acids is 1. The van der Waals surface area contributed by atoms with Crippen LogP contribution in [0.5, 0.6) is 17.2 Å². The monoisotopic (exact) mass is 662 g/mol. The van der Waals surface area contributed by atoms with Gasteiger partial charge >= 0.3 is 5.97 Å². The molecule has 0 unspecified atom stereocenters. The first-order chi connectivity index (χ1) is 23.1. The largest absolute Gasteiger partial charge is 0.494 e. The zero-order valence-electron chi connectivity index (χ0n) is 26.0. The number of hydrogen-bond acceptors (Lipinski definition) is 7. The summed E-state index contributed by atoms with van der Waals surface area (Å²) in [5.41, 5.74) is 3.85. The molecule has 238 valence electrons. The van der Waals surface area contributed by atoms with Crippen LogP contribution in [0.3, 0.4) is 0 Å². The standard InChI is InChI=1S/C38H34N2O5S2/c1-3-4-5-9-22-43-30-18-16-29(17-19-30)40(27-10-7-6-8-11-27)28-14-12-26(13-15-28)32-20-21-33(46-32)37-36-35(44-23-24-45-36)34(47-37)25-31(39-2)38(41)42/h6-8,10-21,25H,3-5,9,22-24H2,1H3,(H,41,42)/b31-25-. The minimum Gasteiger partial charge on any atom is -0.494 e. The smallest absolute Gasteiger partial charge is 0.333 e. The van der Waals surface area contributed by atoms with E-state index in [-0.39, 0.29) is 5.70 Å². The van der Waals surface area contributed by atoms with Gasteiger partial charge in [0.2, 0.25) is 0 Å². The summed E-state index contributed by atoms with van der Waals surface area (Å²) in [5, 5.41) is 9.38. The van der Waals surface area contributed by atoms with Crippen LogP contribution < -0.4 is 19.1 Å². The topological polar surface area (TPSA) is 72.6 Å². The van der Waals surface area contributed by atoms with Crippen LogP contribution in [0.4, 0.5) is 17.1 Å². The van der Waals surface area contributed by atoms with Gasteiger partial charge in [0.15, 0.2) is 11.5 Å². The molecule has 0 spiro atoms. The number of anilines is 3. The second kappa shape index (κ2) is 15.0. The maximum absolute atomic E-state index is 11.5. The number of fused-ring (bicyclic) bond motifs is 1. The molecule has 0 fully saturated rings. The van der Waals surface area contributed by atoms with Crippen LogP contribution in [0.25, 0.3) is 31.1 Å². The molecule has 5 aromatic rings. The molecule has 2 aromatic heterocycles. The molecule has 1 N–H and O–H groups in total. The van der Waals surface area contributed by atoms with E-state index >= 15 is 0 Å². The molecule has 0 aliphatic carbocycles. The number of carboxylic acids is 1. The summed E-state index contributed by atoms with van der Waals surface area (Å²) in [6, 6.07) is 31.2. The molecular formula is C38H34N2O5S2. The Bertz CT molecular complexity index is 1890. The Morgan fingerprint density at radius 2 is 1.51 bits per heavy atom. The van der Waals surface area contributed by atoms with Gasteiger partial charge in [-0.15, -0.1) is 22.7 Å². The molecule has 1 aliphatic rings. The van der Waals surface area contributed by atoms with Gasteiger partial charge in [0.1, 0.15) is 19.0 Å². The van der Waals surface area contributed by atoms with E-state index in [1.807, 2.05) is 36.4 Å². The second-order valence-corrected chi connectivity index (χ2v) is 13.0. The third kappa shape index (κ3) is 7.35. The number of benzene rings is 3. The van der Waals surface area contributed by atoms with Crippen LogP contribution in [0, 0.1) is 6.57 Å². The van der Waals surface area contributed by atoms with E-state index in [0.717, 1.165) is 56.0 Å². The third-order valence-corrected chi connectivity index (χ3v) is 10.1. The fourth-order valence-corrected chi connectivity index (χ4v) is 7.57. The number of thiophene rings is 2. The van der Waals surface area contributed by atoms with Crippen molar-refractivity contribution in [3.8, 4) is 37.4 Å². The van der Waals surface area contributed by atoms with Gasteiger partial charge in [-0.25, -0.2) is 4.85 Å². The number of para-hydroxylation sites is 1. The van der Waals surface area contributed by atoms with Crippen LogP contribution in [0.1, 0.15) is 37.5 Å². The normalized spacial score (nSPS) is 12.4. The van der Waals surface area contributed by atoms with Crippen molar-refractivity contribution in [3.05, 3.63) is 113 Å². The van der Waals surface area contributed by atoms with Crippen molar-refractivity contribution in [1.29, 1.82) is 0 Å². The van der Waals surface area contributed by atoms with Crippen molar-refractivity contribution in [3.63, 3.8) is 0 Å². The average molecular weight is 663 g/mol. The number of ether oxygens (including phenoxy) is 3. The molecule has 47 heavy (non-hydrogen) atoms. The van der Waals surface area contributed by atoms with Crippen molar-refractivity contribution in [2.45, 2.75) is 32.6 Å². The zero-order chi connectivity index (χ0) is 32.6. The predicted molar refractivity (Wildman–Crippen MR) is 191 cm³/mol. The maximum atomic E-state index is 11.5. The summed E-state index contributed by atoms with van der Waals surface area (Å²) in [4.78, 5) is 20.4. The van der Waals surface area contributed by atoms with E-state index in [1.54, 1.807) is 11.3 Å². The summed E-state index contributed by atoms with van der Waals surface area (Å²) >= 11 is 2.99. The fourth-order valence-electron chi connectivity index (χ4n) is 5.32. The molecule has 3 aromatic carbocycles. The second-order valence-electron chi connectivity index (χ2n) is 10.9. The highest BCUT2D eigenvalue weighted by Crippen LogP contribution is 2.52. The van der Waals surface area contributed by atoms with Crippen LogP contribution >= 0.6 is 22.7 Å². The van der Waals surface area contributed by atoms with Crippen LogP contribution in [0.2, 0.25) is 0 Å². The van der Waals surface area contributed by atoms with Crippen LogP contribution in [0.15, 0.2) is 96.7 Å². The van der Waals surface area contributed by atoms with Gasteiger partial charge in [0.05, 0.1) is 22.9 Å². The SMILES string of the molecule is [C-]#[N+]/C(=C\c1sc(-c2ccc(-c3ccc(N(c4ccccc4)c4ccc(OCCCCCC)cc4)cc3)s2)c2c1OCCO2)C(=O)O. The lowest BCUT2D eigenvalue weighted by atomic mass is 10.1. The summed E-state index contributed by atoms with van der Waals surface area (Å²) in [7, 11) is 0. The quantitative estimate of drug-likeness (QED) is 0.0768. The van der Waals surface area contributed by atoms with Crippen molar-refractivity contribution in [2.24, 2.45) is 0 Å². The molecule has 1 aliphatic heterocycles. The number of rotatable bonds is 13. The lowest BCUT2D eigenvalue weighted by Crippen LogP contribution is -2.14. The van der Waals surface area contributed by atoms with E-state index in [2.05, 4.69) is 71.3 Å². The molecule has 0 amide bonds. The molecule has 0 saturated heterocycles. The Balaban J connectivity index is 1.25. The minimum absolute atomic E-state index is 0.365. The molecule has 6 rings (SSSR count). The first-order valence-corrected chi connectivity index (χ1v) is 17.2. The lowest BCUT2D eigenvalue weighted by Gasteiger charge is -2.25. The minimum atomic E-state index is -1.27. The molecule has 3 heterocycles. The highest BCUT2D eigenvalue weighted by molar-refractivity contribution is 7.24. The fraction of sp³-hybridized carbons (Fsp3) is 0.211. The van der Waals surface area contributed by atoms with Crippen molar-refractivity contribution in [2.75, 3.05) is 24.7 Å². The predicted octanol–water partition coefficient (Wildman–Crippen LogP) is 10.7. The summed E-state index contributed by atoms with van der Waals surface area (Å²) in [6.07, 6.45) is 6.07. The highest BCUT2D eigenvalue weighted by Gasteiger charge is 2.26. The van der Waals surface area contributed by atoms with Crippen molar-refractivity contribution >= 4 is 51.8 Å². The van der Waals surface area contributed by atoms with E-state index in [1.165, 1.54) is 36.7 Å². The average Bonchev–Trinajstić information content (AvgIpc) is 3.74. The number of carbonyl (C=O) groups is 1. The van der Waals surface area contributed by atoms with Crippen molar-refractivity contribution in [1.82, 2.24) is 0 Å². The Hall–Kier alpha value is -5.04. The molecule has 0 radical (unpaired) electrons. The third-order valence-electron chi connectivity index (χ3n) is 7.65.